The van der Waals surface area contributed by atoms with Gasteiger partial charge in [-0.3, -0.25) is 0 Å². The highest BCUT2D eigenvalue weighted by molar-refractivity contribution is 5.42. The van der Waals surface area contributed by atoms with Crippen LogP contribution in [0.25, 0.3) is 0 Å². The van der Waals surface area contributed by atoms with Gasteiger partial charge in [0, 0.05) is 0 Å². The number of nitriles is 2. The molecule has 0 fully saturated rings. The fourth-order valence-corrected chi connectivity index (χ4v) is 3.14. The van der Waals surface area contributed by atoms with Crippen LogP contribution in [0.2, 0.25) is 0 Å². The Hall–Kier alpha value is -1.80. The maximum atomic E-state index is 9.00. The second-order valence-electron chi connectivity index (χ2n) is 6.78. The summed E-state index contributed by atoms with van der Waals surface area (Å²) in [7, 11) is 0. The van der Waals surface area contributed by atoms with Crippen molar-refractivity contribution in [2.24, 2.45) is 0 Å². The molecule has 0 aliphatic rings. The van der Waals surface area contributed by atoms with Crippen molar-refractivity contribution in [1.29, 1.82) is 10.5 Å². The number of aryl methyl sites for hydroxylation is 1. The normalized spacial score (nSPS) is 10.3. The Labute approximate surface area is 148 Å². The molecule has 130 valence electrons. The van der Waals surface area contributed by atoms with E-state index in [-0.39, 0.29) is 0 Å². The molecule has 1 aromatic rings. The van der Waals surface area contributed by atoms with Crippen molar-refractivity contribution < 1.29 is 0 Å². The summed E-state index contributed by atoms with van der Waals surface area (Å²) in [5, 5.41) is 18.0. The summed E-state index contributed by atoms with van der Waals surface area (Å²) in [5.41, 5.74) is 2.32. The zero-order valence-corrected chi connectivity index (χ0v) is 15.3. The zero-order chi connectivity index (χ0) is 17.5. The Kier molecular flexibility index (Phi) is 11.5. The monoisotopic (exact) mass is 324 g/mol. The van der Waals surface area contributed by atoms with Gasteiger partial charge in [-0.15, -0.1) is 0 Å². The molecule has 0 aliphatic carbocycles. The number of rotatable bonds is 13. The summed E-state index contributed by atoms with van der Waals surface area (Å²) in [6.45, 7) is 2.27. The maximum absolute atomic E-state index is 9.00. The van der Waals surface area contributed by atoms with Crippen molar-refractivity contribution in [3.63, 3.8) is 0 Å². The minimum absolute atomic E-state index is 0.600. The molecule has 0 N–H and O–H groups in total. The van der Waals surface area contributed by atoms with E-state index in [2.05, 4.69) is 19.1 Å². The van der Waals surface area contributed by atoms with Crippen LogP contribution < -0.4 is 0 Å². The van der Waals surface area contributed by atoms with Crippen LogP contribution in [0.5, 0.6) is 0 Å². The van der Waals surface area contributed by atoms with Crippen LogP contribution in [0.3, 0.4) is 0 Å². The van der Waals surface area contributed by atoms with Crippen molar-refractivity contribution in [3.05, 3.63) is 34.9 Å². The first kappa shape index (κ1) is 20.2. The Balaban J connectivity index is 2.03. The van der Waals surface area contributed by atoms with Crippen LogP contribution in [0, 0.1) is 22.7 Å². The molecule has 1 aromatic carbocycles. The van der Waals surface area contributed by atoms with E-state index >= 15 is 0 Å². The first-order chi connectivity index (χ1) is 11.8. The van der Waals surface area contributed by atoms with Crippen molar-refractivity contribution in [3.8, 4) is 12.1 Å². The molecule has 0 spiro atoms. The van der Waals surface area contributed by atoms with Gasteiger partial charge in [-0.1, -0.05) is 77.6 Å². The highest BCUT2D eigenvalue weighted by Gasteiger charge is 2.01. The van der Waals surface area contributed by atoms with Crippen LogP contribution in [0.1, 0.15) is 101 Å². The molecule has 0 aliphatic heterocycles. The van der Waals surface area contributed by atoms with Gasteiger partial charge in [0.2, 0.25) is 0 Å². The number of nitrogens with zero attached hydrogens (tertiary/aromatic N) is 2. The minimum Gasteiger partial charge on any atom is -0.192 e. The van der Waals surface area contributed by atoms with Crippen LogP contribution in [0.15, 0.2) is 18.2 Å². The number of benzene rings is 1. The quantitative estimate of drug-likeness (QED) is 0.380. The van der Waals surface area contributed by atoms with E-state index in [9.17, 15) is 0 Å². The molecule has 0 aromatic heterocycles. The summed E-state index contributed by atoms with van der Waals surface area (Å²) < 4.78 is 0. The third-order valence-electron chi connectivity index (χ3n) is 4.57. The minimum atomic E-state index is 0.600. The van der Waals surface area contributed by atoms with Crippen molar-refractivity contribution in [1.82, 2.24) is 0 Å². The summed E-state index contributed by atoms with van der Waals surface area (Å²) >= 11 is 0. The van der Waals surface area contributed by atoms with E-state index in [0.717, 1.165) is 18.4 Å². The van der Waals surface area contributed by atoms with Gasteiger partial charge >= 0.3 is 0 Å². The van der Waals surface area contributed by atoms with Gasteiger partial charge < -0.3 is 0 Å². The van der Waals surface area contributed by atoms with Gasteiger partial charge in [0.1, 0.15) is 0 Å². The highest BCUT2D eigenvalue weighted by atomic mass is 14.3. The fraction of sp³-hybridized carbons (Fsp3) is 0.636. The smallest absolute Gasteiger partial charge is 0.0992 e. The molecular formula is C22H32N2. The summed E-state index contributed by atoms with van der Waals surface area (Å²) in [5.74, 6) is 0. The van der Waals surface area contributed by atoms with E-state index in [4.69, 9.17) is 10.5 Å². The molecule has 0 atom stereocenters. The molecule has 0 amide bonds. The molecule has 0 heterocycles. The van der Waals surface area contributed by atoms with E-state index in [1.54, 1.807) is 6.07 Å². The third kappa shape index (κ3) is 9.36. The lowest BCUT2D eigenvalue weighted by Crippen LogP contribution is -1.90. The lowest BCUT2D eigenvalue weighted by molar-refractivity contribution is 0.544. The standard InChI is InChI=1S/C22H32N2/c1-2-3-4-5-6-7-8-9-10-11-12-13-14-20-15-21(18-23)17-22(16-20)19-24/h15-17H,2-14H2,1H3. The second kappa shape index (κ2) is 13.6. The fourth-order valence-electron chi connectivity index (χ4n) is 3.14. The average molecular weight is 325 g/mol. The summed E-state index contributed by atoms with van der Waals surface area (Å²) in [6.07, 6.45) is 17.2. The molecule has 24 heavy (non-hydrogen) atoms. The summed E-state index contributed by atoms with van der Waals surface area (Å²) in [6, 6.07) is 9.76. The Morgan fingerprint density at radius 2 is 1.04 bits per heavy atom. The van der Waals surface area contributed by atoms with Crippen LogP contribution in [-0.2, 0) is 6.42 Å². The van der Waals surface area contributed by atoms with E-state index in [1.165, 1.54) is 70.6 Å². The second-order valence-corrected chi connectivity index (χ2v) is 6.78. The summed E-state index contributed by atoms with van der Waals surface area (Å²) in [4.78, 5) is 0. The average Bonchev–Trinajstić information content (AvgIpc) is 2.62. The number of unbranched alkanes of at least 4 members (excludes halogenated alkanes) is 11. The Morgan fingerprint density at radius 3 is 1.46 bits per heavy atom. The molecule has 2 heteroatoms. The lowest BCUT2D eigenvalue weighted by atomic mass is 10.0. The lowest BCUT2D eigenvalue weighted by Gasteiger charge is -2.04. The highest BCUT2D eigenvalue weighted by Crippen LogP contribution is 2.15. The largest absolute Gasteiger partial charge is 0.192 e. The predicted octanol–water partition coefficient (Wildman–Crippen LogP) is 6.67. The van der Waals surface area contributed by atoms with Gasteiger partial charge in [0.25, 0.3) is 0 Å². The van der Waals surface area contributed by atoms with Gasteiger partial charge in [-0.05, 0) is 36.6 Å². The van der Waals surface area contributed by atoms with Crippen LogP contribution >= 0.6 is 0 Å². The van der Waals surface area contributed by atoms with Gasteiger partial charge in [0.05, 0.1) is 23.3 Å². The first-order valence-corrected chi connectivity index (χ1v) is 9.74. The maximum Gasteiger partial charge on any atom is 0.0992 e. The van der Waals surface area contributed by atoms with E-state index in [1.807, 2.05) is 12.1 Å². The molecule has 0 saturated carbocycles. The Morgan fingerprint density at radius 1 is 0.625 bits per heavy atom. The predicted molar refractivity (Wildman–Crippen MR) is 101 cm³/mol. The zero-order valence-electron chi connectivity index (χ0n) is 15.3. The van der Waals surface area contributed by atoms with E-state index < -0.39 is 0 Å². The molecule has 0 saturated heterocycles. The molecule has 0 bridgehead atoms. The third-order valence-corrected chi connectivity index (χ3v) is 4.57. The van der Waals surface area contributed by atoms with Crippen molar-refractivity contribution in [2.75, 3.05) is 0 Å². The van der Waals surface area contributed by atoms with Crippen LogP contribution in [0.4, 0.5) is 0 Å². The van der Waals surface area contributed by atoms with Crippen molar-refractivity contribution in [2.45, 2.75) is 90.4 Å². The molecule has 2 nitrogen and oxygen atoms in total. The van der Waals surface area contributed by atoms with E-state index in [0.29, 0.717) is 11.1 Å². The molecule has 0 radical (unpaired) electrons. The topological polar surface area (TPSA) is 47.6 Å². The van der Waals surface area contributed by atoms with Gasteiger partial charge in [-0.2, -0.15) is 10.5 Å². The van der Waals surface area contributed by atoms with Crippen LogP contribution in [-0.4, -0.2) is 0 Å². The molecule has 0 unspecified atom stereocenters. The van der Waals surface area contributed by atoms with Crippen molar-refractivity contribution >= 4 is 0 Å². The Bertz CT molecular complexity index is 502. The SMILES string of the molecule is CCCCCCCCCCCCCCc1cc(C#N)cc(C#N)c1. The van der Waals surface area contributed by atoms with Gasteiger partial charge in [-0.25, -0.2) is 0 Å². The first-order valence-electron chi connectivity index (χ1n) is 9.74. The number of hydrogen-bond donors (Lipinski definition) is 0. The number of hydrogen-bond acceptors (Lipinski definition) is 2. The molecule has 1 rings (SSSR count). The van der Waals surface area contributed by atoms with Gasteiger partial charge in [0.15, 0.2) is 0 Å². The molecular weight excluding hydrogens is 292 g/mol.